The fourth-order valence-corrected chi connectivity index (χ4v) is 4.11. The van der Waals surface area contributed by atoms with Crippen molar-refractivity contribution in [3.05, 3.63) is 93.5 Å². The van der Waals surface area contributed by atoms with Crippen LogP contribution in [0.25, 0.3) is 11.4 Å². The van der Waals surface area contributed by atoms with Crippen LogP contribution in [-0.2, 0) is 4.79 Å². The van der Waals surface area contributed by atoms with Crippen LogP contribution in [0, 0.1) is 10.1 Å². The number of carbonyl (C=O) groups is 2. The number of aromatic nitrogens is 3. The molecule has 10 nitrogen and oxygen atoms in total. The lowest BCUT2D eigenvalue weighted by atomic mass is 10.2. The van der Waals surface area contributed by atoms with Crippen LogP contribution in [0.2, 0.25) is 5.02 Å². The van der Waals surface area contributed by atoms with E-state index in [4.69, 9.17) is 16.3 Å². The van der Waals surface area contributed by atoms with Gasteiger partial charge in [-0.2, -0.15) is 4.68 Å². The minimum Gasteiger partial charge on any atom is -0.494 e. The largest absolute Gasteiger partial charge is 0.494 e. The predicted octanol–water partition coefficient (Wildman–Crippen LogP) is 4.93. The lowest BCUT2D eigenvalue weighted by Crippen LogP contribution is -2.18. The molecule has 0 fully saturated rings. The van der Waals surface area contributed by atoms with Crippen LogP contribution in [0.4, 0.5) is 11.4 Å². The predicted molar refractivity (Wildman–Crippen MR) is 136 cm³/mol. The van der Waals surface area contributed by atoms with Gasteiger partial charge >= 0.3 is 0 Å². The topological polar surface area (TPSA) is 129 Å². The first-order valence-electron chi connectivity index (χ1n) is 10.4. The van der Waals surface area contributed by atoms with E-state index in [2.05, 4.69) is 15.4 Å². The highest BCUT2D eigenvalue weighted by Crippen LogP contribution is 2.30. The molecular formula is C24H18ClN5O5S. The second kappa shape index (κ2) is 11.0. The average molecular weight is 524 g/mol. The number of hydrogen-bond acceptors (Lipinski definition) is 8. The van der Waals surface area contributed by atoms with Gasteiger partial charge in [0.15, 0.2) is 11.0 Å². The van der Waals surface area contributed by atoms with Crippen molar-refractivity contribution in [1.29, 1.82) is 0 Å². The maximum atomic E-state index is 13.2. The van der Waals surface area contributed by atoms with E-state index in [1.807, 2.05) is 30.3 Å². The molecule has 0 saturated carbocycles. The van der Waals surface area contributed by atoms with Gasteiger partial charge in [0.2, 0.25) is 5.91 Å². The Labute approximate surface area is 214 Å². The number of nitro benzene ring substituents is 1. The Bertz CT molecular complexity index is 1440. The summed E-state index contributed by atoms with van der Waals surface area (Å²) >= 11 is 7.06. The van der Waals surface area contributed by atoms with Crippen LogP contribution in [0.15, 0.2) is 78.0 Å². The zero-order valence-corrected chi connectivity index (χ0v) is 20.3. The lowest BCUT2D eigenvalue weighted by molar-refractivity contribution is -0.384. The van der Waals surface area contributed by atoms with Crippen molar-refractivity contribution >= 4 is 46.6 Å². The summed E-state index contributed by atoms with van der Waals surface area (Å²) in [5.41, 5.74) is 1.13. The van der Waals surface area contributed by atoms with Crippen molar-refractivity contribution < 1.29 is 19.2 Å². The summed E-state index contributed by atoms with van der Waals surface area (Å²) in [5.74, 6) is -0.528. The Hall–Kier alpha value is -4.22. The molecule has 0 atom stereocenters. The molecule has 1 N–H and O–H groups in total. The third-order valence-corrected chi connectivity index (χ3v) is 6.04. The molecule has 0 aliphatic heterocycles. The minimum absolute atomic E-state index is 0.115. The van der Waals surface area contributed by atoms with E-state index in [9.17, 15) is 19.7 Å². The first kappa shape index (κ1) is 24.9. The van der Waals surface area contributed by atoms with Crippen LogP contribution in [0.3, 0.4) is 0 Å². The quantitative estimate of drug-likeness (QED) is 0.195. The average Bonchev–Trinajstić information content (AvgIpc) is 3.32. The molecule has 0 aliphatic carbocycles. The second-order valence-corrected chi connectivity index (χ2v) is 8.67. The Morgan fingerprint density at radius 3 is 2.58 bits per heavy atom. The van der Waals surface area contributed by atoms with Crippen LogP contribution < -0.4 is 10.1 Å². The Kier molecular flexibility index (Phi) is 7.62. The number of benzene rings is 3. The summed E-state index contributed by atoms with van der Waals surface area (Å²) in [4.78, 5) is 40.8. The van der Waals surface area contributed by atoms with E-state index < -0.39 is 16.7 Å². The monoisotopic (exact) mass is 523 g/mol. The smallest absolute Gasteiger partial charge is 0.280 e. The van der Waals surface area contributed by atoms with Gasteiger partial charge in [0.1, 0.15) is 5.75 Å². The van der Waals surface area contributed by atoms with E-state index in [1.165, 1.54) is 31.4 Å². The molecule has 1 aromatic heterocycles. The zero-order chi connectivity index (χ0) is 25.7. The lowest BCUT2D eigenvalue weighted by Gasteiger charge is -2.10. The number of rotatable bonds is 8. The molecule has 4 rings (SSSR count). The molecule has 1 heterocycles. The number of nitrogens with zero attached hydrogens (tertiary/aromatic N) is 4. The molecule has 0 bridgehead atoms. The highest BCUT2D eigenvalue weighted by molar-refractivity contribution is 7.99. The number of hydrogen-bond donors (Lipinski definition) is 1. The Morgan fingerprint density at radius 2 is 1.89 bits per heavy atom. The van der Waals surface area contributed by atoms with Crippen LogP contribution >= 0.6 is 23.4 Å². The van der Waals surface area contributed by atoms with Crippen molar-refractivity contribution in [2.75, 3.05) is 18.2 Å². The third-order valence-electron chi connectivity index (χ3n) is 4.88. The Balaban J connectivity index is 1.57. The number of amides is 1. The van der Waals surface area contributed by atoms with E-state index in [-0.39, 0.29) is 28.0 Å². The summed E-state index contributed by atoms with van der Waals surface area (Å²) in [7, 11) is 1.35. The maximum absolute atomic E-state index is 13.2. The molecular weight excluding hydrogens is 506 g/mol. The molecule has 0 unspecified atom stereocenters. The highest BCUT2D eigenvalue weighted by Gasteiger charge is 2.21. The normalized spacial score (nSPS) is 10.6. The molecule has 0 aliphatic rings. The maximum Gasteiger partial charge on any atom is 0.280 e. The number of thioether (sulfide) groups is 1. The van der Waals surface area contributed by atoms with Gasteiger partial charge in [-0.25, -0.2) is 4.98 Å². The van der Waals surface area contributed by atoms with Gasteiger partial charge in [0.05, 0.1) is 29.5 Å². The fourth-order valence-electron chi connectivity index (χ4n) is 3.19. The van der Waals surface area contributed by atoms with E-state index in [0.717, 1.165) is 16.4 Å². The highest BCUT2D eigenvalue weighted by atomic mass is 35.5. The first-order valence-corrected chi connectivity index (χ1v) is 11.8. The standard InChI is InChI=1S/C24H18ClN5O5S/c1-35-20-13-18(30(33)34)10-11-19(20)26-21(31)14-36-24-27-22(15-6-3-2-4-7-15)28-29(24)23(32)16-8-5-9-17(25)12-16/h2-13H,14H2,1H3,(H,26,31). The van der Waals surface area contributed by atoms with Gasteiger partial charge in [0, 0.05) is 22.2 Å². The van der Waals surface area contributed by atoms with Crippen LogP contribution in [0.5, 0.6) is 5.75 Å². The zero-order valence-electron chi connectivity index (χ0n) is 18.8. The molecule has 3 aromatic carbocycles. The fraction of sp³-hybridized carbons (Fsp3) is 0.0833. The number of nitrogens with one attached hydrogen (secondary N) is 1. The summed E-state index contributed by atoms with van der Waals surface area (Å²) < 4.78 is 6.29. The van der Waals surface area contributed by atoms with Gasteiger partial charge < -0.3 is 10.1 Å². The number of methoxy groups -OCH3 is 1. The Morgan fingerprint density at radius 1 is 1.11 bits per heavy atom. The molecule has 182 valence electrons. The van der Waals surface area contributed by atoms with E-state index in [1.54, 1.807) is 18.2 Å². The van der Waals surface area contributed by atoms with Gasteiger partial charge in [0.25, 0.3) is 11.6 Å². The SMILES string of the molecule is COc1cc([N+](=O)[O-])ccc1NC(=O)CSc1nc(-c2ccccc2)nn1C(=O)c1cccc(Cl)c1. The van der Waals surface area contributed by atoms with Gasteiger partial charge in [-0.1, -0.05) is 59.8 Å². The van der Waals surface area contributed by atoms with Crippen molar-refractivity contribution in [2.24, 2.45) is 0 Å². The molecule has 1 amide bonds. The van der Waals surface area contributed by atoms with E-state index >= 15 is 0 Å². The molecule has 4 aromatic rings. The number of carbonyl (C=O) groups excluding carboxylic acids is 2. The molecule has 0 radical (unpaired) electrons. The molecule has 36 heavy (non-hydrogen) atoms. The summed E-state index contributed by atoms with van der Waals surface area (Å²) in [6.45, 7) is 0. The molecule has 0 saturated heterocycles. The summed E-state index contributed by atoms with van der Waals surface area (Å²) in [6, 6.07) is 19.4. The van der Waals surface area contributed by atoms with Crippen LogP contribution in [0.1, 0.15) is 10.4 Å². The summed E-state index contributed by atoms with van der Waals surface area (Å²) in [6.07, 6.45) is 0. The third kappa shape index (κ3) is 5.70. The second-order valence-electron chi connectivity index (χ2n) is 7.29. The van der Waals surface area contributed by atoms with Gasteiger partial charge in [-0.05, 0) is 24.3 Å². The van der Waals surface area contributed by atoms with E-state index in [0.29, 0.717) is 22.0 Å². The van der Waals surface area contributed by atoms with Crippen molar-refractivity contribution in [2.45, 2.75) is 5.16 Å². The molecule has 12 heteroatoms. The van der Waals surface area contributed by atoms with Gasteiger partial charge in [-0.15, -0.1) is 5.10 Å². The van der Waals surface area contributed by atoms with Crippen molar-refractivity contribution in [3.8, 4) is 17.1 Å². The number of nitro groups is 1. The number of non-ortho nitro benzene ring substituents is 1. The van der Waals surface area contributed by atoms with Gasteiger partial charge in [-0.3, -0.25) is 19.7 Å². The van der Waals surface area contributed by atoms with Crippen molar-refractivity contribution in [1.82, 2.24) is 14.8 Å². The molecule has 0 spiro atoms. The number of ether oxygens (including phenoxy) is 1. The summed E-state index contributed by atoms with van der Waals surface area (Å²) in [5, 5.41) is 18.6. The van der Waals surface area contributed by atoms with Crippen molar-refractivity contribution in [3.63, 3.8) is 0 Å². The number of anilines is 1. The van der Waals surface area contributed by atoms with Crippen LogP contribution in [-0.4, -0.2) is 44.4 Å². The number of halogens is 1. The minimum atomic E-state index is -0.557. The first-order chi connectivity index (χ1) is 17.4.